The fourth-order valence-corrected chi connectivity index (χ4v) is 4.36. The molecule has 1 saturated carbocycles. The minimum absolute atomic E-state index is 0.479. The molecule has 0 saturated heterocycles. The van der Waals surface area contributed by atoms with Gasteiger partial charge in [-0.3, -0.25) is 0 Å². The molecular formula is C17H26ClNS. The molecule has 2 rings (SSSR count). The summed E-state index contributed by atoms with van der Waals surface area (Å²) in [5.41, 5.74) is 1.38. The molecule has 3 unspecified atom stereocenters. The van der Waals surface area contributed by atoms with Gasteiger partial charge in [0.1, 0.15) is 0 Å². The van der Waals surface area contributed by atoms with Gasteiger partial charge in [-0.25, -0.2) is 0 Å². The molecule has 1 N–H and O–H groups in total. The summed E-state index contributed by atoms with van der Waals surface area (Å²) in [6, 6.07) is 9.52. The van der Waals surface area contributed by atoms with Gasteiger partial charge in [-0.1, -0.05) is 44.0 Å². The number of rotatable bonds is 7. The van der Waals surface area contributed by atoms with Crippen molar-refractivity contribution in [2.24, 2.45) is 0 Å². The van der Waals surface area contributed by atoms with Gasteiger partial charge in [-0.15, -0.1) is 0 Å². The largest absolute Gasteiger partial charge is 0.307 e. The van der Waals surface area contributed by atoms with Crippen LogP contribution in [0.2, 0.25) is 5.02 Å². The molecular weight excluding hydrogens is 286 g/mol. The first-order valence-electron chi connectivity index (χ1n) is 7.86. The second kappa shape index (κ2) is 8.31. The predicted molar refractivity (Wildman–Crippen MR) is 91.8 cm³/mol. The van der Waals surface area contributed by atoms with Crippen molar-refractivity contribution in [1.82, 2.24) is 5.32 Å². The van der Waals surface area contributed by atoms with Crippen LogP contribution in [-0.4, -0.2) is 17.0 Å². The third-order valence-corrected chi connectivity index (χ3v) is 5.56. The lowest BCUT2D eigenvalue weighted by atomic mass is 10.0. The summed E-state index contributed by atoms with van der Waals surface area (Å²) in [4.78, 5) is 0. The van der Waals surface area contributed by atoms with Crippen molar-refractivity contribution in [3.05, 3.63) is 34.9 Å². The van der Waals surface area contributed by atoms with Crippen LogP contribution in [0.3, 0.4) is 0 Å². The van der Waals surface area contributed by atoms with Crippen LogP contribution in [0, 0.1) is 0 Å². The first kappa shape index (κ1) is 16.2. The summed E-state index contributed by atoms with van der Waals surface area (Å²) < 4.78 is 0. The van der Waals surface area contributed by atoms with E-state index in [2.05, 4.69) is 43.1 Å². The summed E-state index contributed by atoms with van der Waals surface area (Å²) in [5, 5.41) is 5.57. The van der Waals surface area contributed by atoms with Gasteiger partial charge < -0.3 is 5.32 Å². The Hall–Kier alpha value is -0.180. The average Bonchev–Trinajstić information content (AvgIpc) is 2.87. The number of nitrogens with one attached hydrogen (secondary N) is 1. The Labute approximate surface area is 132 Å². The van der Waals surface area contributed by atoms with Gasteiger partial charge in [-0.2, -0.15) is 11.8 Å². The number of halogens is 1. The van der Waals surface area contributed by atoms with Crippen molar-refractivity contribution in [2.75, 3.05) is 5.75 Å². The maximum Gasteiger partial charge on any atom is 0.0406 e. The van der Waals surface area contributed by atoms with Gasteiger partial charge in [0.25, 0.3) is 0 Å². The zero-order valence-electron chi connectivity index (χ0n) is 12.6. The first-order chi connectivity index (χ1) is 9.72. The Balaban J connectivity index is 1.94. The Morgan fingerprint density at radius 1 is 1.25 bits per heavy atom. The van der Waals surface area contributed by atoms with E-state index < -0.39 is 0 Å². The molecule has 1 aliphatic rings. The summed E-state index contributed by atoms with van der Waals surface area (Å²) in [5.74, 6) is 1.24. The van der Waals surface area contributed by atoms with E-state index in [-0.39, 0.29) is 0 Å². The van der Waals surface area contributed by atoms with E-state index >= 15 is 0 Å². The molecule has 0 heterocycles. The van der Waals surface area contributed by atoms with Gasteiger partial charge in [0.2, 0.25) is 0 Å². The normalized spacial score (nSPS) is 23.9. The van der Waals surface area contributed by atoms with Crippen molar-refractivity contribution in [3.8, 4) is 0 Å². The number of benzene rings is 1. The standard InChI is InChI=1S/C17H26ClNS/c1-3-5-17(13-6-8-14(18)9-7-13)19-15-10-11-16(12-15)20-4-2/h6-9,15-17,19H,3-5,10-12H2,1-2H3. The maximum absolute atomic E-state index is 5.99. The zero-order valence-corrected chi connectivity index (χ0v) is 14.1. The molecule has 0 radical (unpaired) electrons. The lowest BCUT2D eigenvalue weighted by Crippen LogP contribution is -2.31. The van der Waals surface area contributed by atoms with E-state index in [9.17, 15) is 0 Å². The molecule has 20 heavy (non-hydrogen) atoms. The Morgan fingerprint density at radius 2 is 2.00 bits per heavy atom. The van der Waals surface area contributed by atoms with Crippen LogP contribution in [0.1, 0.15) is 57.6 Å². The minimum Gasteiger partial charge on any atom is -0.307 e. The Kier molecular flexibility index (Phi) is 6.73. The van der Waals surface area contributed by atoms with E-state index in [1.807, 2.05) is 12.1 Å². The zero-order chi connectivity index (χ0) is 14.4. The number of hydrogen-bond acceptors (Lipinski definition) is 2. The van der Waals surface area contributed by atoms with E-state index in [0.29, 0.717) is 12.1 Å². The molecule has 1 aromatic carbocycles. The van der Waals surface area contributed by atoms with E-state index in [1.54, 1.807) is 0 Å². The number of thioether (sulfide) groups is 1. The average molecular weight is 312 g/mol. The van der Waals surface area contributed by atoms with Crippen LogP contribution in [-0.2, 0) is 0 Å². The quantitative estimate of drug-likeness (QED) is 0.719. The van der Waals surface area contributed by atoms with Crippen molar-refractivity contribution < 1.29 is 0 Å². The lowest BCUT2D eigenvalue weighted by molar-refractivity contribution is 0.417. The summed E-state index contributed by atoms with van der Waals surface area (Å²) in [6.45, 7) is 4.52. The first-order valence-corrected chi connectivity index (χ1v) is 9.28. The fourth-order valence-electron chi connectivity index (χ4n) is 3.09. The third-order valence-electron chi connectivity index (χ3n) is 4.07. The monoisotopic (exact) mass is 311 g/mol. The molecule has 0 bridgehead atoms. The molecule has 112 valence electrons. The van der Waals surface area contributed by atoms with E-state index in [4.69, 9.17) is 11.6 Å². The minimum atomic E-state index is 0.479. The van der Waals surface area contributed by atoms with Crippen LogP contribution in [0.4, 0.5) is 0 Å². The van der Waals surface area contributed by atoms with Crippen LogP contribution in [0.15, 0.2) is 24.3 Å². The molecule has 1 nitrogen and oxygen atoms in total. The highest BCUT2D eigenvalue weighted by atomic mass is 35.5. The molecule has 0 spiro atoms. The summed E-state index contributed by atoms with van der Waals surface area (Å²) >= 11 is 8.12. The molecule has 1 fully saturated rings. The van der Waals surface area contributed by atoms with Crippen molar-refractivity contribution in [1.29, 1.82) is 0 Å². The van der Waals surface area contributed by atoms with Crippen molar-refractivity contribution >= 4 is 23.4 Å². The van der Waals surface area contributed by atoms with Crippen LogP contribution >= 0.6 is 23.4 Å². The number of hydrogen-bond donors (Lipinski definition) is 1. The predicted octanol–water partition coefficient (Wildman–Crippen LogP) is 5.45. The molecule has 1 aliphatic carbocycles. The van der Waals surface area contributed by atoms with Gasteiger partial charge in [-0.05, 0) is 49.1 Å². The molecule has 1 aromatic rings. The van der Waals surface area contributed by atoms with Crippen LogP contribution in [0.5, 0.6) is 0 Å². The SMILES string of the molecule is CCCC(NC1CCC(SCC)C1)c1ccc(Cl)cc1. The smallest absolute Gasteiger partial charge is 0.0406 e. The second-order valence-corrected chi connectivity index (χ2v) is 7.66. The Morgan fingerprint density at radius 3 is 2.65 bits per heavy atom. The van der Waals surface area contributed by atoms with Crippen LogP contribution in [0.25, 0.3) is 0 Å². The fraction of sp³-hybridized carbons (Fsp3) is 0.647. The molecule has 0 aliphatic heterocycles. The van der Waals surface area contributed by atoms with Crippen molar-refractivity contribution in [3.63, 3.8) is 0 Å². The molecule has 3 heteroatoms. The highest BCUT2D eigenvalue weighted by molar-refractivity contribution is 7.99. The molecule has 0 aromatic heterocycles. The second-order valence-electron chi connectivity index (χ2n) is 5.65. The van der Waals surface area contributed by atoms with Gasteiger partial charge in [0.05, 0.1) is 0 Å². The highest BCUT2D eigenvalue weighted by Crippen LogP contribution is 2.32. The summed E-state index contributed by atoms with van der Waals surface area (Å²) in [6.07, 6.45) is 6.43. The Bertz CT molecular complexity index is 392. The highest BCUT2D eigenvalue weighted by Gasteiger charge is 2.26. The molecule has 0 amide bonds. The lowest BCUT2D eigenvalue weighted by Gasteiger charge is -2.23. The van der Waals surface area contributed by atoms with Gasteiger partial charge in [0, 0.05) is 22.4 Å². The summed E-state index contributed by atoms with van der Waals surface area (Å²) in [7, 11) is 0. The topological polar surface area (TPSA) is 12.0 Å². The molecule has 3 atom stereocenters. The maximum atomic E-state index is 5.99. The van der Waals surface area contributed by atoms with Gasteiger partial charge in [0.15, 0.2) is 0 Å². The van der Waals surface area contributed by atoms with Crippen molar-refractivity contribution in [2.45, 2.75) is 63.3 Å². The van der Waals surface area contributed by atoms with E-state index in [0.717, 1.165) is 10.3 Å². The van der Waals surface area contributed by atoms with E-state index in [1.165, 1.54) is 43.4 Å². The third kappa shape index (κ3) is 4.68. The van der Waals surface area contributed by atoms with Crippen LogP contribution < -0.4 is 5.32 Å². The van der Waals surface area contributed by atoms with Gasteiger partial charge >= 0.3 is 0 Å².